The van der Waals surface area contributed by atoms with Crippen molar-refractivity contribution in [1.82, 2.24) is 25.1 Å². The molecule has 29 heavy (non-hydrogen) atoms. The van der Waals surface area contributed by atoms with Crippen LogP contribution in [0.1, 0.15) is 17.3 Å². The van der Waals surface area contributed by atoms with E-state index >= 15 is 0 Å². The second-order valence-corrected chi connectivity index (χ2v) is 7.75. The van der Waals surface area contributed by atoms with Crippen molar-refractivity contribution in [2.75, 3.05) is 37.9 Å². The van der Waals surface area contributed by atoms with Crippen molar-refractivity contribution >= 4 is 46.1 Å². The van der Waals surface area contributed by atoms with E-state index in [0.717, 1.165) is 22.6 Å². The molecule has 0 saturated carbocycles. The maximum Gasteiger partial charge on any atom is 0.251 e. The second kappa shape index (κ2) is 10.4. The zero-order valence-electron chi connectivity index (χ0n) is 16.3. The van der Waals surface area contributed by atoms with E-state index in [4.69, 9.17) is 16.3 Å². The fourth-order valence-electron chi connectivity index (χ4n) is 2.71. The Morgan fingerprint density at radius 2 is 2.17 bits per heavy atom. The van der Waals surface area contributed by atoms with Gasteiger partial charge in [0.1, 0.15) is 5.82 Å². The maximum absolute atomic E-state index is 12.3. The maximum atomic E-state index is 12.3. The Labute approximate surface area is 178 Å². The number of halogens is 1. The Morgan fingerprint density at radius 3 is 2.93 bits per heavy atom. The predicted molar refractivity (Wildman–Crippen MR) is 116 cm³/mol. The van der Waals surface area contributed by atoms with Crippen LogP contribution in [0.5, 0.6) is 0 Å². The normalized spacial score (nSPS) is 11.0. The van der Waals surface area contributed by atoms with Gasteiger partial charge in [-0.2, -0.15) is 5.10 Å². The molecule has 10 heteroatoms. The first-order chi connectivity index (χ1) is 14.1. The number of methoxy groups -OCH3 is 1. The van der Waals surface area contributed by atoms with Gasteiger partial charge >= 0.3 is 0 Å². The van der Waals surface area contributed by atoms with E-state index in [0.29, 0.717) is 42.0 Å². The van der Waals surface area contributed by atoms with Gasteiger partial charge in [0, 0.05) is 30.8 Å². The van der Waals surface area contributed by atoms with Gasteiger partial charge in [0.25, 0.3) is 5.91 Å². The third kappa shape index (κ3) is 5.59. The lowest BCUT2D eigenvalue weighted by Gasteiger charge is -2.09. The quantitative estimate of drug-likeness (QED) is 0.287. The molecule has 0 saturated heterocycles. The number of ether oxygens (including phenoxy) is 1. The van der Waals surface area contributed by atoms with Gasteiger partial charge in [-0.25, -0.2) is 14.6 Å². The number of hydrogen-bond donors (Lipinski definition) is 2. The van der Waals surface area contributed by atoms with Crippen LogP contribution in [0.15, 0.2) is 35.6 Å². The van der Waals surface area contributed by atoms with Gasteiger partial charge in [-0.1, -0.05) is 36.4 Å². The lowest BCUT2D eigenvalue weighted by Crippen LogP contribution is -2.27. The molecule has 2 N–H and O–H groups in total. The van der Waals surface area contributed by atoms with Crippen LogP contribution in [-0.2, 0) is 11.3 Å². The minimum absolute atomic E-state index is 0.178. The highest BCUT2D eigenvalue weighted by Gasteiger charge is 2.13. The summed E-state index contributed by atoms with van der Waals surface area (Å²) in [6.07, 6.45) is 1.74. The van der Waals surface area contributed by atoms with E-state index in [2.05, 4.69) is 32.6 Å². The van der Waals surface area contributed by atoms with E-state index in [1.807, 2.05) is 0 Å². The molecule has 3 rings (SSSR count). The number of carbonyl (C=O) groups excluding carboxylic acids is 1. The largest absolute Gasteiger partial charge is 0.383 e. The molecule has 0 spiro atoms. The molecule has 154 valence electrons. The topological polar surface area (TPSA) is 94.0 Å². The highest BCUT2D eigenvalue weighted by Crippen LogP contribution is 2.24. The van der Waals surface area contributed by atoms with Crippen LogP contribution < -0.4 is 10.6 Å². The standard InChI is InChI=1S/C19H23ClN6O2S/c1-3-29-19-24-16(21-8-10-28-2)15-12-23-26(17(15)25-19)9-7-22-18(27)13-5-4-6-14(20)11-13/h4-6,11-12H,3,7-10H2,1-2H3,(H,22,27)(H,21,24,25). The summed E-state index contributed by atoms with van der Waals surface area (Å²) in [7, 11) is 1.66. The Hall–Kier alpha value is -2.36. The monoisotopic (exact) mass is 434 g/mol. The Morgan fingerprint density at radius 1 is 1.31 bits per heavy atom. The van der Waals surface area contributed by atoms with Crippen LogP contribution in [0.2, 0.25) is 5.02 Å². The van der Waals surface area contributed by atoms with Gasteiger partial charge in [0.2, 0.25) is 0 Å². The molecule has 0 aliphatic heterocycles. The van der Waals surface area contributed by atoms with E-state index < -0.39 is 0 Å². The van der Waals surface area contributed by atoms with Crippen LogP contribution in [-0.4, -0.2) is 58.2 Å². The third-order valence-electron chi connectivity index (χ3n) is 4.04. The van der Waals surface area contributed by atoms with Crippen LogP contribution in [0.4, 0.5) is 5.82 Å². The molecule has 0 fully saturated rings. The molecule has 2 heterocycles. The number of rotatable bonds is 10. The van der Waals surface area contributed by atoms with Gasteiger partial charge in [0.05, 0.1) is 24.7 Å². The fourth-order valence-corrected chi connectivity index (χ4v) is 3.46. The van der Waals surface area contributed by atoms with Gasteiger partial charge in [-0.15, -0.1) is 0 Å². The molecule has 1 amide bonds. The summed E-state index contributed by atoms with van der Waals surface area (Å²) < 4.78 is 6.87. The van der Waals surface area contributed by atoms with E-state index in [1.54, 1.807) is 54.0 Å². The number of anilines is 1. The van der Waals surface area contributed by atoms with Crippen LogP contribution in [0.25, 0.3) is 11.0 Å². The summed E-state index contributed by atoms with van der Waals surface area (Å²) in [5.41, 5.74) is 1.25. The number of carbonyl (C=O) groups is 1. The molecule has 8 nitrogen and oxygen atoms in total. The number of nitrogens with one attached hydrogen (secondary N) is 2. The van der Waals surface area contributed by atoms with Crippen molar-refractivity contribution in [2.45, 2.75) is 18.6 Å². The number of hydrogen-bond acceptors (Lipinski definition) is 7. The summed E-state index contributed by atoms with van der Waals surface area (Å²) in [6, 6.07) is 6.85. The van der Waals surface area contributed by atoms with E-state index in [1.165, 1.54) is 0 Å². The molecule has 0 atom stereocenters. The van der Waals surface area contributed by atoms with Crippen LogP contribution >= 0.6 is 23.4 Å². The summed E-state index contributed by atoms with van der Waals surface area (Å²) in [4.78, 5) is 21.5. The first-order valence-electron chi connectivity index (χ1n) is 9.25. The molecule has 0 bridgehead atoms. The average Bonchev–Trinajstić information content (AvgIpc) is 3.11. The number of thioether (sulfide) groups is 1. The number of fused-ring (bicyclic) bond motifs is 1. The summed E-state index contributed by atoms with van der Waals surface area (Å²) in [5, 5.41) is 12.6. The first kappa shape index (κ1) is 21.4. The predicted octanol–water partition coefficient (Wildman–Crippen LogP) is 3.08. The molecule has 2 aromatic heterocycles. The molecule has 1 aromatic carbocycles. The van der Waals surface area contributed by atoms with Crippen molar-refractivity contribution in [1.29, 1.82) is 0 Å². The summed E-state index contributed by atoms with van der Waals surface area (Å²) in [5.74, 6) is 1.42. The second-order valence-electron chi connectivity index (χ2n) is 6.08. The number of amides is 1. The highest BCUT2D eigenvalue weighted by atomic mass is 35.5. The van der Waals surface area contributed by atoms with Gasteiger partial charge in [-0.3, -0.25) is 4.79 Å². The SMILES string of the molecule is CCSc1nc(NCCOC)c2cnn(CCNC(=O)c3cccc(Cl)c3)c2n1. The number of aromatic nitrogens is 4. The molecule has 0 aliphatic rings. The Balaban J connectivity index is 1.72. The number of nitrogens with zero attached hydrogens (tertiary/aromatic N) is 4. The first-order valence-corrected chi connectivity index (χ1v) is 10.6. The van der Waals surface area contributed by atoms with Crippen LogP contribution in [0, 0.1) is 0 Å². The molecule has 0 radical (unpaired) electrons. The minimum atomic E-state index is -0.178. The van der Waals surface area contributed by atoms with E-state index in [-0.39, 0.29) is 5.91 Å². The Kier molecular flexibility index (Phi) is 7.68. The summed E-state index contributed by atoms with van der Waals surface area (Å²) in [6.45, 7) is 4.17. The molecular formula is C19H23ClN6O2S. The van der Waals surface area contributed by atoms with Crippen molar-refractivity contribution in [2.24, 2.45) is 0 Å². The third-order valence-corrected chi connectivity index (χ3v) is 5.01. The van der Waals surface area contributed by atoms with Gasteiger partial charge in [0.15, 0.2) is 10.8 Å². The summed E-state index contributed by atoms with van der Waals surface area (Å²) >= 11 is 7.51. The molecule has 3 aromatic rings. The molecule has 0 unspecified atom stereocenters. The van der Waals surface area contributed by atoms with Gasteiger partial charge in [-0.05, 0) is 24.0 Å². The zero-order valence-corrected chi connectivity index (χ0v) is 17.9. The Bertz CT molecular complexity index is 980. The van der Waals surface area contributed by atoms with E-state index in [9.17, 15) is 4.79 Å². The van der Waals surface area contributed by atoms with Crippen molar-refractivity contribution in [3.05, 3.63) is 41.0 Å². The smallest absolute Gasteiger partial charge is 0.251 e. The van der Waals surface area contributed by atoms with Crippen molar-refractivity contribution < 1.29 is 9.53 Å². The van der Waals surface area contributed by atoms with Crippen LogP contribution in [0.3, 0.4) is 0 Å². The fraction of sp³-hybridized carbons (Fsp3) is 0.368. The molecule has 0 aliphatic carbocycles. The lowest BCUT2D eigenvalue weighted by atomic mass is 10.2. The molecular weight excluding hydrogens is 412 g/mol. The van der Waals surface area contributed by atoms with Crippen molar-refractivity contribution in [3.8, 4) is 0 Å². The lowest BCUT2D eigenvalue weighted by molar-refractivity contribution is 0.0952. The zero-order chi connectivity index (χ0) is 20.6. The minimum Gasteiger partial charge on any atom is -0.383 e. The average molecular weight is 435 g/mol. The highest BCUT2D eigenvalue weighted by molar-refractivity contribution is 7.99. The van der Waals surface area contributed by atoms with Gasteiger partial charge < -0.3 is 15.4 Å². The van der Waals surface area contributed by atoms with Crippen molar-refractivity contribution in [3.63, 3.8) is 0 Å². The number of benzene rings is 1.